The van der Waals surface area contributed by atoms with Crippen molar-refractivity contribution >= 4 is 11.8 Å². The van der Waals surface area contributed by atoms with E-state index >= 15 is 0 Å². The zero-order valence-electron chi connectivity index (χ0n) is 12.9. The molecule has 1 aliphatic heterocycles. The zero-order chi connectivity index (χ0) is 15.5. The summed E-state index contributed by atoms with van der Waals surface area (Å²) in [5, 5.41) is 0. The summed E-state index contributed by atoms with van der Waals surface area (Å²) in [7, 11) is 1.40. The number of carbonyl (C=O) groups is 2. The predicted octanol–water partition coefficient (Wildman–Crippen LogP) is 3.27. The molecule has 114 valence electrons. The van der Waals surface area contributed by atoms with E-state index in [4.69, 9.17) is 9.47 Å². The van der Waals surface area contributed by atoms with Crippen molar-refractivity contribution in [2.45, 2.75) is 44.9 Å². The second-order valence-electron chi connectivity index (χ2n) is 5.51. The Balaban J connectivity index is 0.000000497. The summed E-state index contributed by atoms with van der Waals surface area (Å²) in [5.41, 5.74) is 0.933. The number of esters is 1. The monoisotopic (exact) mass is 290 g/mol. The van der Waals surface area contributed by atoms with Crippen molar-refractivity contribution in [3.8, 4) is 5.75 Å². The molecule has 21 heavy (non-hydrogen) atoms. The summed E-state index contributed by atoms with van der Waals surface area (Å²) in [5.74, 6) is 0.487. The summed E-state index contributed by atoms with van der Waals surface area (Å²) in [4.78, 5) is 23.6. The molecular formula is C17H22O4. The van der Waals surface area contributed by atoms with Gasteiger partial charge >= 0.3 is 5.97 Å². The third-order valence-electron chi connectivity index (χ3n) is 3.75. The van der Waals surface area contributed by atoms with E-state index in [0.29, 0.717) is 24.3 Å². The van der Waals surface area contributed by atoms with Gasteiger partial charge in [-0.25, -0.2) is 0 Å². The van der Waals surface area contributed by atoms with Crippen molar-refractivity contribution in [3.63, 3.8) is 0 Å². The van der Waals surface area contributed by atoms with Gasteiger partial charge in [-0.05, 0) is 30.5 Å². The Bertz CT molecular complexity index is 544. The van der Waals surface area contributed by atoms with Crippen molar-refractivity contribution in [1.29, 1.82) is 0 Å². The van der Waals surface area contributed by atoms with Crippen molar-refractivity contribution in [3.05, 3.63) is 29.3 Å². The molecule has 0 bridgehead atoms. The molecule has 0 spiro atoms. The maximum Gasteiger partial charge on any atom is 0.316 e. The molecule has 0 N–H and O–H groups in total. The molecule has 1 heterocycles. The number of benzene rings is 1. The number of fused-ring (bicyclic) bond motifs is 1. The van der Waals surface area contributed by atoms with E-state index in [1.54, 1.807) is 12.1 Å². The van der Waals surface area contributed by atoms with Gasteiger partial charge in [-0.3, -0.25) is 9.59 Å². The van der Waals surface area contributed by atoms with Gasteiger partial charge in [0.2, 0.25) is 0 Å². The molecule has 1 aromatic carbocycles. The van der Waals surface area contributed by atoms with Crippen LogP contribution >= 0.6 is 0 Å². The van der Waals surface area contributed by atoms with Gasteiger partial charge in [0.15, 0.2) is 5.78 Å². The highest BCUT2D eigenvalue weighted by atomic mass is 16.5. The van der Waals surface area contributed by atoms with Gasteiger partial charge in [0.25, 0.3) is 0 Å². The average Bonchev–Trinajstić information content (AvgIpc) is 3.29. The largest absolute Gasteiger partial charge is 0.492 e. The van der Waals surface area contributed by atoms with Crippen LogP contribution in [-0.4, -0.2) is 25.5 Å². The lowest BCUT2D eigenvalue weighted by Gasteiger charge is -2.19. The minimum atomic E-state index is -0.526. The van der Waals surface area contributed by atoms with Crippen molar-refractivity contribution in [1.82, 2.24) is 0 Å². The molecule has 0 radical (unpaired) electrons. The summed E-state index contributed by atoms with van der Waals surface area (Å²) in [6, 6.07) is 5.44. The molecule has 4 nitrogen and oxygen atoms in total. The molecule has 3 rings (SSSR count). The van der Waals surface area contributed by atoms with Crippen molar-refractivity contribution < 1.29 is 19.1 Å². The number of hydrogen-bond acceptors (Lipinski definition) is 4. The van der Waals surface area contributed by atoms with Crippen molar-refractivity contribution in [2.75, 3.05) is 13.7 Å². The number of hydrogen-bond donors (Lipinski definition) is 0. The molecule has 1 aliphatic carbocycles. The number of methoxy groups -OCH3 is 1. The topological polar surface area (TPSA) is 52.6 Å². The average molecular weight is 290 g/mol. The van der Waals surface area contributed by atoms with E-state index in [1.807, 2.05) is 6.07 Å². The molecule has 0 atom stereocenters. The molecule has 0 saturated heterocycles. The summed E-state index contributed by atoms with van der Waals surface area (Å²) in [6.45, 7) is 4.69. The SMILES string of the molecule is CCC.COC(=O)C1(c2ccc3c(c2)C(=O)CCO3)CC1. The first-order valence-corrected chi connectivity index (χ1v) is 7.48. The normalized spacial score (nSPS) is 17.8. The minimum absolute atomic E-state index is 0.0822. The number of carbonyl (C=O) groups excluding carboxylic acids is 2. The first kappa shape index (κ1) is 15.5. The van der Waals surface area contributed by atoms with E-state index in [2.05, 4.69) is 13.8 Å². The van der Waals surface area contributed by atoms with E-state index < -0.39 is 5.41 Å². The van der Waals surface area contributed by atoms with E-state index in [-0.39, 0.29) is 11.8 Å². The van der Waals surface area contributed by atoms with Gasteiger partial charge in [0, 0.05) is 6.42 Å². The van der Waals surface area contributed by atoms with Gasteiger partial charge in [-0.2, -0.15) is 0 Å². The predicted molar refractivity (Wildman–Crippen MR) is 79.8 cm³/mol. The Morgan fingerprint density at radius 3 is 2.57 bits per heavy atom. The van der Waals surface area contributed by atoms with Gasteiger partial charge in [0.05, 0.1) is 24.7 Å². The molecule has 0 aromatic heterocycles. The van der Waals surface area contributed by atoms with Crippen LogP contribution in [-0.2, 0) is 14.9 Å². The molecular weight excluding hydrogens is 268 g/mol. The highest BCUT2D eigenvalue weighted by molar-refractivity contribution is 6.00. The quantitative estimate of drug-likeness (QED) is 0.784. The molecule has 0 unspecified atom stereocenters. The highest BCUT2D eigenvalue weighted by Gasteiger charge is 2.52. The molecule has 1 aromatic rings. The Labute approximate surface area is 125 Å². The fraction of sp³-hybridized carbons (Fsp3) is 0.529. The zero-order valence-corrected chi connectivity index (χ0v) is 12.9. The maximum absolute atomic E-state index is 11.8. The molecule has 0 amide bonds. The number of ether oxygens (including phenoxy) is 2. The Morgan fingerprint density at radius 1 is 1.33 bits per heavy atom. The van der Waals surface area contributed by atoms with Crippen LogP contribution < -0.4 is 4.74 Å². The maximum atomic E-state index is 11.8. The Kier molecular flexibility index (Phi) is 4.66. The third kappa shape index (κ3) is 2.94. The van der Waals surface area contributed by atoms with Crippen LogP contribution in [0.4, 0.5) is 0 Å². The van der Waals surface area contributed by atoms with Crippen LogP contribution in [0.5, 0.6) is 5.75 Å². The fourth-order valence-corrected chi connectivity index (χ4v) is 2.49. The van der Waals surface area contributed by atoms with Gasteiger partial charge in [-0.1, -0.05) is 26.3 Å². The second kappa shape index (κ2) is 6.29. The van der Waals surface area contributed by atoms with Gasteiger partial charge in [-0.15, -0.1) is 0 Å². The fourth-order valence-electron chi connectivity index (χ4n) is 2.49. The lowest BCUT2D eigenvalue weighted by atomic mass is 9.92. The minimum Gasteiger partial charge on any atom is -0.492 e. The van der Waals surface area contributed by atoms with Crippen LogP contribution in [0.2, 0.25) is 0 Å². The third-order valence-corrected chi connectivity index (χ3v) is 3.75. The molecule has 4 heteroatoms. The second-order valence-corrected chi connectivity index (χ2v) is 5.51. The Hall–Kier alpha value is -1.84. The number of rotatable bonds is 2. The summed E-state index contributed by atoms with van der Waals surface area (Å²) in [6.07, 6.45) is 3.22. The van der Waals surface area contributed by atoms with Gasteiger partial charge < -0.3 is 9.47 Å². The highest BCUT2D eigenvalue weighted by Crippen LogP contribution is 2.50. The molecule has 1 saturated carbocycles. The Morgan fingerprint density at radius 2 is 2.00 bits per heavy atom. The van der Waals surface area contributed by atoms with Crippen molar-refractivity contribution in [2.24, 2.45) is 0 Å². The lowest BCUT2D eigenvalue weighted by molar-refractivity contribution is -0.143. The standard InChI is InChI=1S/C14H14O4.C3H8/c1-17-13(16)14(5-6-14)9-2-3-12-10(8-9)11(15)4-7-18-12;1-3-2/h2-3,8H,4-7H2,1H3;3H2,1-2H3. The first-order valence-electron chi connectivity index (χ1n) is 7.48. The summed E-state index contributed by atoms with van der Waals surface area (Å²) < 4.78 is 10.3. The molecule has 2 aliphatic rings. The van der Waals surface area contributed by atoms with Crippen LogP contribution in [0.25, 0.3) is 0 Å². The lowest BCUT2D eigenvalue weighted by Crippen LogP contribution is -2.23. The van der Waals surface area contributed by atoms with E-state index in [9.17, 15) is 9.59 Å². The smallest absolute Gasteiger partial charge is 0.316 e. The first-order chi connectivity index (χ1) is 10.1. The summed E-state index contributed by atoms with van der Waals surface area (Å²) >= 11 is 0. The molecule has 1 fully saturated rings. The van der Waals surface area contributed by atoms with Crippen LogP contribution in [0.1, 0.15) is 55.5 Å². The van der Waals surface area contributed by atoms with Gasteiger partial charge in [0.1, 0.15) is 5.75 Å². The van der Waals surface area contributed by atoms with E-state index in [0.717, 1.165) is 18.4 Å². The number of ketones is 1. The van der Waals surface area contributed by atoms with Crippen LogP contribution in [0.3, 0.4) is 0 Å². The number of Topliss-reactive ketones (excluding diaryl/α,β-unsaturated/α-hetero) is 1. The van der Waals surface area contributed by atoms with Crippen LogP contribution in [0, 0.1) is 0 Å². The van der Waals surface area contributed by atoms with E-state index in [1.165, 1.54) is 13.5 Å². The van der Waals surface area contributed by atoms with Crippen LogP contribution in [0.15, 0.2) is 18.2 Å².